The highest BCUT2D eigenvalue weighted by atomic mass is 16.6. The first-order chi connectivity index (χ1) is 13.5. The number of ether oxygens (including phenoxy) is 2. The molecule has 2 rings (SSSR count). The van der Waals surface area contributed by atoms with E-state index in [0.29, 0.717) is 5.75 Å². The van der Waals surface area contributed by atoms with Crippen molar-refractivity contribution in [3.8, 4) is 11.8 Å². The molecule has 0 heterocycles. The molecule has 0 radical (unpaired) electrons. The van der Waals surface area contributed by atoms with Crippen LogP contribution in [0, 0.1) is 11.3 Å². The SMILES string of the molecule is C[C@@H](OC(=O)COc1ccc(Nc2ccccc2)cc1)C(=O)N(C)CCC#N. The Labute approximate surface area is 164 Å². The van der Waals surface area contributed by atoms with Gasteiger partial charge in [0.1, 0.15) is 5.75 Å². The maximum absolute atomic E-state index is 12.0. The molecule has 0 saturated carbocycles. The van der Waals surface area contributed by atoms with Gasteiger partial charge in [0, 0.05) is 25.0 Å². The van der Waals surface area contributed by atoms with E-state index in [1.54, 1.807) is 19.2 Å². The maximum atomic E-state index is 12.0. The molecule has 0 saturated heterocycles. The summed E-state index contributed by atoms with van der Waals surface area (Å²) in [7, 11) is 1.56. The van der Waals surface area contributed by atoms with Gasteiger partial charge < -0.3 is 19.7 Å². The van der Waals surface area contributed by atoms with Crippen molar-refractivity contribution in [2.45, 2.75) is 19.4 Å². The summed E-state index contributed by atoms with van der Waals surface area (Å²) in [6, 6.07) is 18.9. The fourth-order valence-corrected chi connectivity index (χ4v) is 2.38. The average molecular weight is 381 g/mol. The van der Waals surface area contributed by atoms with E-state index in [1.165, 1.54) is 11.8 Å². The Hall–Kier alpha value is -3.53. The molecule has 0 aromatic heterocycles. The number of amides is 1. The van der Waals surface area contributed by atoms with Crippen molar-refractivity contribution in [2.24, 2.45) is 0 Å². The normalized spacial score (nSPS) is 11.0. The van der Waals surface area contributed by atoms with E-state index in [0.717, 1.165) is 11.4 Å². The zero-order valence-corrected chi connectivity index (χ0v) is 15.9. The number of nitrogens with one attached hydrogen (secondary N) is 1. The van der Waals surface area contributed by atoms with E-state index in [1.807, 2.05) is 48.5 Å². The van der Waals surface area contributed by atoms with Crippen molar-refractivity contribution < 1.29 is 19.1 Å². The third-order valence-electron chi connectivity index (χ3n) is 3.86. The van der Waals surface area contributed by atoms with Gasteiger partial charge in [-0.15, -0.1) is 0 Å². The van der Waals surface area contributed by atoms with E-state index in [4.69, 9.17) is 14.7 Å². The summed E-state index contributed by atoms with van der Waals surface area (Å²) in [5.74, 6) is -0.485. The van der Waals surface area contributed by atoms with Crippen molar-refractivity contribution in [1.82, 2.24) is 4.90 Å². The highest BCUT2D eigenvalue weighted by Crippen LogP contribution is 2.19. The predicted molar refractivity (Wildman–Crippen MR) is 105 cm³/mol. The standard InChI is InChI=1S/C21H23N3O4/c1-16(21(26)24(2)14-6-13-22)28-20(25)15-27-19-11-9-18(10-12-19)23-17-7-4-3-5-8-17/h3-5,7-12,16,23H,6,14-15H2,1-2H3/t16-/m1/s1. The zero-order chi connectivity index (χ0) is 20.4. The van der Waals surface area contributed by atoms with E-state index in [-0.39, 0.29) is 25.5 Å². The van der Waals surface area contributed by atoms with Gasteiger partial charge in [0.2, 0.25) is 0 Å². The molecule has 2 aromatic carbocycles. The lowest BCUT2D eigenvalue weighted by Crippen LogP contribution is -2.38. The monoisotopic (exact) mass is 381 g/mol. The van der Waals surface area contributed by atoms with Gasteiger partial charge in [-0.25, -0.2) is 4.79 Å². The van der Waals surface area contributed by atoms with Gasteiger partial charge >= 0.3 is 5.97 Å². The zero-order valence-electron chi connectivity index (χ0n) is 15.9. The molecule has 28 heavy (non-hydrogen) atoms. The number of para-hydroxylation sites is 1. The second kappa shape index (κ2) is 10.6. The molecule has 0 aliphatic rings. The number of esters is 1. The molecule has 7 nitrogen and oxygen atoms in total. The van der Waals surface area contributed by atoms with Crippen LogP contribution < -0.4 is 10.1 Å². The molecule has 0 fully saturated rings. The van der Waals surface area contributed by atoms with Crippen LogP contribution in [0.1, 0.15) is 13.3 Å². The number of nitriles is 1. The van der Waals surface area contributed by atoms with Crippen LogP contribution in [0.5, 0.6) is 5.75 Å². The number of hydrogen-bond acceptors (Lipinski definition) is 6. The molecule has 1 amide bonds. The van der Waals surface area contributed by atoms with Gasteiger partial charge in [-0.1, -0.05) is 18.2 Å². The smallest absolute Gasteiger partial charge is 0.344 e. The second-order valence-corrected chi connectivity index (χ2v) is 6.10. The Balaban J connectivity index is 1.77. The third kappa shape index (κ3) is 6.65. The number of anilines is 2. The third-order valence-corrected chi connectivity index (χ3v) is 3.86. The summed E-state index contributed by atoms with van der Waals surface area (Å²) in [6.45, 7) is 1.48. The lowest BCUT2D eigenvalue weighted by Gasteiger charge is -2.20. The maximum Gasteiger partial charge on any atom is 0.344 e. The molecule has 0 bridgehead atoms. The Bertz CT molecular complexity index is 816. The van der Waals surface area contributed by atoms with Gasteiger partial charge in [-0.05, 0) is 43.3 Å². The number of rotatable bonds is 9. The van der Waals surface area contributed by atoms with E-state index >= 15 is 0 Å². The minimum atomic E-state index is -0.933. The highest BCUT2D eigenvalue weighted by Gasteiger charge is 2.21. The molecule has 0 spiro atoms. The summed E-state index contributed by atoms with van der Waals surface area (Å²) >= 11 is 0. The van der Waals surface area contributed by atoms with Crippen LogP contribution in [0.2, 0.25) is 0 Å². The van der Waals surface area contributed by atoms with Crippen molar-refractivity contribution in [3.05, 3.63) is 54.6 Å². The molecule has 1 N–H and O–H groups in total. The first kappa shape index (κ1) is 20.8. The lowest BCUT2D eigenvalue weighted by molar-refractivity contribution is -0.160. The summed E-state index contributed by atoms with van der Waals surface area (Å²) in [5, 5.41) is 11.8. The van der Waals surface area contributed by atoms with E-state index in [9.17, 15) is 9.59 Å². The fourth-order valence-electron chi connectivity index (χ4n) is 2.38. The molecule has 7 heteroatoms. The van der Waals surface area contributed by atoms with Crippen LogP contribution in [0.3, 0.4) is 0 Å². The first-order valence-corrected chi connectivity index (χ1v) is 8.86. The fraction of sp³-hybridized carbons (Fsp3) is 0.286. The number of nitrogens with zero attached hydrogens (tertiary/aromatic N) is 2. The van der Waals surface area contributed by atoms with Crippen LogP contribution in [0.4, 0.5) is 11.4 Å². The van der Waals surface area contributed by atoms with Crippen LogP contribution in [0.25, 0.3) is 0 Å². The van der Waals surface area contributed by atoms with Crippen LogP contribution >= 0.6 is 0 Å². The van der Waals surface area contributed by atoms with Crippen molar-refractivity contribution >= 4 is 23.3 Å². The Morgan fingerprint density at radius 2 is 1.75 bits per heavy atom. The summed E-state index contributed by atoms with van der Waals surface area (Å²) in [6.07, 6.45) is -0.710. The molecule has 146 valence electrons. The first-order valence-electron chi connectivity index (χ1n) is 8.86. The van der Waals surface area contributed by atoms with Crippen molar-refractivity contribution in [2.75, 3.05) is 25.5 Å². The molecule has 0 aliphatic heterocycles. The summed E-state index contributed by atoms with van der Waals surface area (Å²) in [4.78, 5) is 25.3. The molecule has 0 unspecified atom stereocenters. The van der Waals surface area contributed by atoms with E-state index < -0.39 is 12.1 Å². The summed E-state index contributed by atoms with van der Waals surface area (Å²) < 4.78 is 10.5. The minimum absolute atomic E-state index is 0.223. The molecule has 2 aromatic rings. The largest absolute Gasteiger partial charge is 0.482 e. The predicted octanol–water partition coefficient (Wildman–Crippen LogP) is 3.11. The number of hydrogen-bond donors (Lipinski definition) is 1. The average Bonchev–Trinajstić information content (AvgIpc) is 2.71. The van der Waals surface area contributed by atoms with Crippen LogP contribution in [0.15, 0.2) is 54.6 Å². The molecular weight excluding hydrogens is 358 g/mol. The Morgan fingerprint density at radius 3 is 2.39 bits per heavy atom. The van der Waals surface area contributed by atoms with E-state index in [2.05, 4.69) is 5.32 Å². The minimum Gasteiger partial charge on any atom is -0.482 e. The molecule has 0 aliphatic carbocycles. The van der Waals surface area contributed by atoms with Crippen molar-refractivity contribution in [1.29, 1.82) is 5.26 Å². The highest BCUT2D eigenvalue weighted by molar-refractivity contribution is 5.83. The van der Waals surface area contributed by atoms with Gasteiger partial charge in [-0.2, -0.15) is 5.26 Å². The van der Waals surface area contributed by atoms with Crippen LogP contribution in [-0.2, 0) is 14.3 Å². The quantitative estimate of drug-likeness (QED) is 0.671. The van der Waals surface area contributed by atoms with Gasteiger partial charge in [0.05, 0.1) is 12.5 Å². The molecular formula is C21H23N3O4. The topological polar surface area (TPSA) is 91.7 Å². The van der Waals surface area contributed by atoms with Crippen molar-refractivity contribution in [3.63, 3.8) is 0 Å². The van der Waals surface area contributed by atoms with Gasteiger partial charge in [0.25, 0.3) is 5.91 Å². The summed E-state index contributed by atoms with van der Waals surface area (Å²) in [5.41, 5.74) is 1.86. The molecule has 1 atom stereocenters. The number of carbonyl (C=O) groups excluding carboxylic acids is 2. The van der Waals surface area contributed by atoms with Crippen LogP contribution in [-0.4, -0.2) is 43.1 Å². The Morgan fingerprint density at radius 1 is 1.11 bits per heavy atom. The number of likely N-dealkylation sites (N-methyl/N-ethyl adjacent to an activating group) is 1. The second-order valence-electron chi connectivity index (χ2n) is 6.10. The number of benzene rings is 2. The Kier molecular flexibility index (Phi) is 7.85. The van der Waals surface area contributed by atoms with Gasteiger partial charge in [0.15, 0.2) is 12.7 Å². The lowest BCUT2D eigenvalue weighted by atomic mass is 10.2. The number of carbonyl (C=O) groups is 2. The van der Waals surface area contributed by atoms with Gasteiger partial charge in [-0.3, -0.25) is 4.79 Å².